The van der Waals surface area contributed by atoms with Gasteiger partial charge in [0.15, 0.2) is 6.61 Å². The van der Waals surface area contributed by atoms with Crippen LogP contribution in [-0.4, -0.2) is 24.8 Å². The molecule has 2 rings (SSSR count). The van der Waals surface area contributed by atoms with Gasteiger partial charge in [-0.2, -0.15) is 0 Å². The number of carbonyl (C=O) groups excluding carboxylic acids is 2. The van der Waals surface area contributed by atoms with Gasteiger partial charge in [0.25, 0.3) is 5.91 Å². The Morgan fingerprint density at radius 2 is 1.62 bits per heavy atom. The Morgan fingerprint density at radius 1 is 1.00 bits per heavy atom. The van der Waals surface area contributed by atoms with Crippen LogP contribution in [0.5, 0.6) is 5.75 Å². The number of esters is 1. The molecule has 0 aliphatic rings. The highest BCUT2D eigenvalue weighted by Crippen LogP contribution is 2.23. The Balaban J connectivity index is 1.77. The van der Waals surface area contributed by atoms with E-state index in [4.69, 9.17) is 16.3 Å². The first-order valence-corrected chi connectivity index (χ1v) is 7.65. The highest BCUT2D eigenvalue weighted by Gasteiger charge is 2.30. The van der Waals surface area contributed by atoms with Crippen molar-refractivity contribution in [2.24, 2.45) is 0 Å². The van der Waals surface area contributed by atoms with E-state index in [0.717, 1.165) is 12.1 Å². The van der Waals surface area contributed by atoms with E-state index in [1.165, 1.54) is 12.1 Å². The third-order valence-electron chi connectivity index (χ3n) is 3.00. The lowest BCUT2D eigenvalue weighted by Crippen LogP contribution is -2.21. The molecule has 0 fully saturated rings. The van der Waals surface area contributed by atoms with E-state index in [9.17, 15) is 22.8 Å². The molecule has 0 saturated heterocycles. The number of amides is 1. The molecule has 26 heavy (non-hydrogen) atoms. The first-order chi connectivity index (χ1) is 12.2. The molecule has 0 spiro atoms. The molecule has 0 unspecified atom stereocenters. The number of rotatable bonds is 6. The zero-order chi connectivity index (χ0) is 19.2. The number of nitrogens with one attached hydrogen (secondary N) is 1. The minimum atomic E-state index is -4.79. The fourth-order valence-corrected chi connectivity index (χ4v) is 2.03. The average molecular weight is 388 g/mol. The van der Waals surface area contributed by atoms with Crippen molar-refractivity contribution < 1.29 is 32.2 Å². The number of alkyl halides is 3. The van der Waals surface area contributed by atoms with Gasteiger partial charge in [0, 0.05) is 10.7 Å². The predicted octanol–water partition coefficient (Wildman–Crippen LogP) is 3.96. The number of benzene rings is 2. The summed E-state index contributed by atoms with van der Waals surface area (Å²) >= 11 is 5.74. The van der Waals surface area contributed by atoms with Gasteiger partial charge in [0.1, 0.15) is 5.75 Å². The maximum absolute atomic E-state index is 12.1. The van der Waals surface area contributed by atoms with Crippen LogP contribution in [0.2, 0.25) is 5.02 Å². The normalized spacial score (nSPS) is 10.9. The van der Waals surface area contributed by atoms with Crippen molar-refractivity contribution in [1.82, 2.24) is 0 Å². The maximum Gasteiger partial charge on any atom is 0.573 e. The topological polar surface area (TPSA) is 64.6 Å². The Bertz CT molecular complexity index is 761. The molecule has 0 aliphatic heterocycles. The zero-order valence-corrected chi connectivity index (χ0v) is 13.9. The molecule has 0 saturated carbocycles. The van der Waals surface area contributed by atoms with Gasteiger partial charge in [-0.05, 0) is 42.0 Å². The minimum Gasteiger partial charge on any atom is -0.455 e. The Morgan fingerprint density at radius 3 is 2.19 bits per heavy atom. The van der Waals surface area contributed by atoms with E-state index in [2.05, 4.69) is 10.1 Å². The number of hydrogen-bond acceptors (Lipinski definition) is 4. The van der Waals surface area contributed by atoms with Gasteiger partial charge >= 0.3 is 12.3 Å². The van der Waals surface area contributed by atoms with Gasteiger partial charge in [-0.25, -0.2) is 0 Å². The first kappa shape index (κ1) is 19.6. The lowest BCUT2D eigenvalue weighted by atomic mass is 10.1. The molecule has 0 radical (unpaired) electrons. The fourth-order valence-electron chi connectivity index (χ4n) is 1.90. The molecular weight excluding hydrogens is 375 g/mol. The van der Waals surface area contributed by atoms with Crippen LogP contribution < -0.4 is 10.1 Å². The van der Waals surface area contributed by atoms with Crippen LogP contribution in [0, 0.1) is 0 Å². The van der Waals surface area contributed by atoms with Gasteiger partial charge in [0.2, 0.25) is 0 Å². The third-order valence-corrected chi connectivity index (χ3v) is 3.25. The monoisotopic (exact) mass is 387 g/mol. The van der Waals surface area contributed by atoms with E-state index < -0.39 is 30.6 Å². The van der Waals surface area contributed by atoms with Crippen LogP contribution >= 0.6 is 11.6 Å². The summed E-state index contributed by atoms with van der Waals surface area (Å²) in [6.07, 6.45) is -4.81. The van der Waals surface area contributed by atoms with E-state index >= 15 is 0 Å². The van der Waals surface area contributed by atoms with Crippen LogP contribution in [0.3, 0.4) is 0 Å². The molecule has 138 valence electrons. The third kappa shape index (κ3) is 7.02. The molecule has 2 aromatic rings. The molecular formula is C17H13ClF3NO4. The summed E-state index contributed by atoms with van der Waals surface area (Å²) in [6.45, 7) is -0.521. The maximum atomic E-state index is 12.1. The number of hydrogen-bond donors (Lipinski definition) is 1. The largest absolute Gasteiger partial charge is 0.573 e. The fraction of sp³-hybridized carbons (Fsp3) is 0.176. The smallest absolute Gasteiger partial charge is 0.455 e. The van der Waals surface area contributed by atoms with Crippen molar-refractivity contribution in [2.45, 2.75) is 12.8 Å². The molecule has 1 amide bonds. The molecule has 0 bridgehead atoms. The average Bonchev–Trinajstić information content (AvgIpc) is 2.56. The molecule has 0 atom stereocenters. The van der Waals surface area contributed by atoms with Gasteiger partial charge in [-0.3, -0.25) is 9.59 Å². The van der Waals surface area contributed by atoms with Crippen molar-refractivity contribution in [1.29, 1.82) is 0 Å². The number of ether oxygens (including phenoxy) is 2. The Hall–Kier alpha value is -2.74. The second kappa shape index (κ2) is 8.57. The summed E-state index contributed by atoms with van der Waals surface area (Å²) in [5.74, 6) is -1.64. The molecule has 5 nitrogen and oxygen atoms in total. The zero-order valence-electron chi connectivity index (χ0n) is 13.2. The van der Waals surface area contributed by atoms with Crippen LogP contribution in [0.4, 0.5) is 18.9 Å². The van der Waals surface area contributed by atoms with E-state index in [1.54, 1.807) is 24.3 Å². The second-order valence-electron chi connectivity index (χ2n) is 5.08. The standard InChI is InChI=1S/C17H13ClF3NO4/c18-12-3-1-11(2-4-12)9-16(24)25-10-15(23)22-13-5-7-14(8-6-13)26-17(19,20)21/h1-8H,9-10H2,(H,22,23). The van der Waals surface area contributed by atoms with Crippen molar-refractivity contribution in [3.63, 3.8) is 0 Å². The SMILES string of the molecule is O=C(COC(=O)Cc1ccc(Cl)cc1)Nc1ccc(OC(F)(F)F)cc1. The van der Waals surface area contributed by atoms with Gasteiger partial charge < -0.3 is 14.8 Å². The van der Waals surface area contributed by atoms with Crippen molar-refractivity contribution >= 4 is 29.2 Å². The minimum absolute atomic E-state index is 0.0199. The summed E-state index contributed by atoms with van der Waals surface area (Å²) in [7, 11) is 0. The Labute approximate surface area is 151 Å². The van der Waals surface area contributed by atoms with Gasteiger partial charge in [-0.15, -0.1) is 13.2 Å². The number of anilines is 1. The summed E-state index contributed by atoms with van der Waals surface area (Å²) in [5.41, 5.74) is 0.915. The first-order valence-electron chi connectivity index (χ1n) is 7.27. The van der Waals surface area contributed by atoms with Crippen molar-refractivity contribution in [3.05, 3.63) is 59.1 Å². The lowest BCUT2D eigenvalue weighted by molar-refractivity contribution is -0.274. The van der Waals surface area contributed by atoms with Crippen LogP contribution in [0.25, 0.3) is 0 Å². The van der Waals surface area contributed by atoms with Crippen LogP contribution in [-0.2, 0) is 20.7 Å². The summed E-state index contributed by atoms with van der Waals surface area (Å²) in [6, 6.07) is 11.1. The van der Waals surface area contributed by atoms with Crippen LogP contribution in [0.15, 0.2) is 48.5 Å². The summed E-state index contributed by atoms with van der Waals surface area (Å²) in [5, 5.41) is 2.92. The molecule has 0 aromatic heterocycles. The van der Waals surface area contributed by atoms with Crippen molar-refractivity contribution in [2.75, 3.05) is 11.9 Å². The van der Waals surface area contributed by atoms with Crippen molar-refractivity contribution in [3.8, 4) is 5.75 Å². The number of carbonyl (C=O) groups is 2. The van der Waals surface area contributed by atoms with Gasteiger partial charge in [-0.1, -0.05) is 23.7 Å². The summed E-state index contributed by atoms with van der Waals surface area (Å²) in [4.78, 5) is 23.4. The van der Waals surface area contributed by atoms with E-state index in [1.807, 2.05) is 0 Å². The molecule has 1 N–H and O–H groups in total. The lowest BCUT2D eigenvalue weighted by Gasteiger charge is -2.10. The second-order valence-corrected chi connectivity index (χ2v) is 5.52. The van der Waals surface area contributed by atoms with E-state index in [0.29, 0.717) is 10.6 Å². The van der Waals surface area contributed by atoms with Gasteiger partial charge in [0.05, 0.1) is 6.42 Å². The highest BCUT2D eigenvalue weighted by molar-refractivity contribution is 6.30. The van der Waals surface area contributed by atoms with Crippen LogP contribution in [0.1, 0.15) is 5.56 Å². The molecule has 0 heterocycles. The molecule has 0 aliphatic carbocycles. The summed E-state index contributed by atoms with van der Waals surface area (Å²) < 4.78 is 44.7. The highest BCUT2D eigenvalue weighted by atomic mass is 35.5. The Kier molecular flexibility index (Phi) is 6.46. The number of halogens is 4. The quantitative estimate of drug-likeness (QED) is 0.762. The molecule has 2 aromatic carbocycles. The predicted molar refractivity (Wildman–Crippen MR) is 87.9 cm³/mol. The molecule has 9 heteroatoms. The van der Waals surface area contributed by atoms with E-state index in [-0.39, 0.29) is 12.1 Å².